The molecule has 0 saturated heterocycles. The summed E-state index contributed by atoms with van der Waals surface area (Å²) >= 11 is 0. The summed E-state index contributed by atoms with van der Waals surface area (Å²) in [5, 5.41) is 16.3. The molecule has 1 aliphatic carbocycles. The predicted octanol–water partition coefficient (Wildman–Crippen LogP) is 2.50. The first-order chi connectivity index (χ1) is 12.3. The van der Waals surface area contributed by atoms with Crippen molar-refractivity contribution >= 4 is 11.9 Å². The fourth-order valence-electron chi connectivity index (χ4n) is 3.50. The number of carboxylic acids is 1. The van der Waals surface area contributed by atoms with E-state index in [4.69, 9.17) is 9.84 Å². The molecule has 2 atom stereocenters. The Morgan fingerprint density at radius 3 is 2.62 bits per heavy atom. The average molecular weight is 357 g/mol. The molecule has 138 valence electrons. The van der Waals surface area contributed by atoms with E-state index in [-0.39, 0.29) is 29.7 Å². The molecule has 2 aromatic rings. The number of para-hydroxylation sites is 1. The van der Waals surface area contributed by atoms with Crippen molar-refractivity contribution in [3.05, 3.63) is 42.1 Å². The normalized spacial score (nSPS) is 20.9. The highest BCUT2D eigenvalue weighted by Gasteiger charge is 2.49. The zero-order chi connectivity index (χ0) is 18.9. The second kappa shape index (κ2) is 6.82. The zero-order valence-electron chi connectivity index (χ0n) is 15.1. The fourth-order valence-corrected chi connectivity index (χ4v) is 3.50. The van der Waals surface area contributed by atoms with Gasteiger partial charge < -0.3 is 15.2 Å². The zero-order valence-corrected chi connectivity index (χ0v) is 15.1. The van der Waals surface area contributed by atoms with Crippen LogP contribution in [0.25, 0.3) is 5.69 Å². The highest BCUT2D eigenvalue weighted by atomic mass is 16.5. The van der Waals surface area contributed by atoms with Gasteiger partial charge in [0.25, 0.3) is 5.91 Å². The van der Waals surface area contributed by atoms with Crippen LogP contribution in [0.4, 0.5) is 0 Å². The minimum absolute atomic E-state index is 0.0548. The first-order valence-electron chi connectivity index (χ1n) is 8.54. The van der Waals surface area contributed by atoms with E-state index in [1.807, 2.05) is 44.2 Å². The molecular formula is C19H23N3O4. The summed E-state index contributed by atoms with van der Waals surface area (Å²) in [5.41, 5.74) is 0.888. The molecule has 1 aliphatic rings. The van der Waals surface area contributed by atoms with Crippen LogP contribution in [0, 0.1) is 11.3 Å². The highest BCUT2D eigenvalue weighted by Crippen LogP contribution is 2.48. The van der Waals surface area contributed by atoms with Gasteiger partial charge in [-0.3, -0.25) is 9.59 Å². The van der Waals surface area contributed by atoms with Crippen molar-refractivity contribution in [2.24, 2.45) is 11.3 Å². The fraction of sp³-hybridized carbons (Fsp3) is 0.421. The van der Waals surface area contributed by atoms with Gasteiger partial charge in [0, 0.05) is 12.5 Å². The molecular weight excluding hydrogens is 334 g/mol. The van der Waals surface area contributed by atoms with Gasteiger partial charge in [-0.25, -0.2) is 4.68 Å². The van der Waals surface area contributed by atoms with Gasteiger partial charge in [0.15, 0.2) is 0 Å². The van der Waals surface area contributed by atoms with Gasteiger partial charge in [-0.2, -0.15) is 5.10 Å². The monoisotopic (exact) mass is 357 g/mol. The minimum Gasteiger partial charge on any atom is -0.481 e. The number of carbonyl (C=O) groups is 2. The van der Waals surface area contributed by atoms with E-state index in [0.717, 1.165) is 5.69 Å². The van der Waals surface area contributed by atoms with E-state index in [1.54, 1.807) is 4.68 Å². The van der Waals surface area contributed by atoms with Gasteiger partial charge in [-0.05, 0) is 29.9 Å². The molecule has 1 amide bonds. The van der Waals surface area contributed by atoms with Crippen LogP contribution in [-0.4, -0.2) is 39.9 Å². The molecule has 1 heterocycles. The number of benzene rings is 1. The molecule has 1 fully saturated rings. The summed E-state index contributed by atoms with van der Waals surface area (Å²) in [5.74, 6) is -0.651. The number of carbonyl (C=O) groups excluding carboxylic acids is 1. The minimum atomic E-state index is -0.807. The summed E-state index contributed by atoms with van der Waals surface area (Å²) in [6.45, 7) is 3.97. The second-order valence-corrected chi connectivity index (χ2v) is 7.19. The first-order valence-corrected chi connectivity index (χ1v) is 8.54. The average Bonchev–Trinajstić information content (AvgIpc) is 3.05. The number of hydrogen-bond donors (Lipinski definition) is 2. The maximum atomic E-state index is 12.7. The lowest BCUT2D eigenvalue weighted by atomic mass is 9.57. The largest absolute Gasteiger partial charge is 0.481 e. The molecule has 0 aliphatic heterocycles. The van der Waals surface area contributed by atoms with E-state index >= 15 is 0 Å². The van der Waals surface area contributed by atoms with Crippen LogP contribution < -0.4 is 10.1 Å². The number of aliphatic carboxylic acids is 1. The highest BCUT2D eigenvalue weighted by molar-refractivity contribution is 5.96. The van der Waals surface area contributed by atoms with E-state index in [9.17, 15) is 9.59 Å². The number of carboxylic acid groups (broad SMARTS) is 1. The standard InChI is InChI=1S/C19H23N3O4/c1-19(2)12(10-16(23)24)9-15(19)21-17(25)14-11-20-22(18(14)26-3)13-7-5-4-6-8-13/h4-8,11-12,15H,9-10H2,1-3H3,(H,21,25)(H,23,24). The number of hydrogen-bond acceptors (Lipinski definition) is 4. The van der Waals surface area contributed by atoms with Gasteiger partial charge in [-0.15, -0.1) is 0 Å². The molecule has 7 nitrogen and oxygen atoms in total. The van der Waals surface area contributed by atoms with E-state index in [2.05, 4.69) is 10.4 Å². The van der Waals surface area contributed by atoms with Crippen molar-refractivity contribution in [1.29, 1.82) is 0 Å². The van der Waals surface area contributed by atoms with Gasteiger partial charge in [0.1, 0.15) is 5.56 Å². The smallest absolute Gasteiger partial charge is 0.303 e. The molecule has 1 saturated carbocycles. The number of amides is 1. The van der Waals surface area contributed by atoms with Crippen LogP contribution in [0.1, 0.15) is 37.0 Å². The third kappa shape index (κ3) is 3.16. The van der Waals surface area contributed by atoms with Crippen LogP contribution in [0.5, 0.6) is 5.88 Å². The Balaban J connectivity index is 1.75. The lowest BCUT2D eigenvalue weighted by molar-refractivity contribution is -0.141. The third-order valence-electron chi connectivity index (χ3n) is 5.36. The van der Waals surface area contributed by atoms with Crippen molar-refractivity contribution in [3.8, 4) is 11.6 Å². The van der Waals surface area contributed by atoms with Crippen molar-refractivity contribution < 1.29 is 19.4 Å². The lowest BCUT2D eigenvalue weighted by Gasteiger charge is -2.52. The van der Waals surface area contributed by atoms with E-state index < -0.39 is 5.97 Å². The molecule has 0 radical (unpaired) electrons. The Morgan fingerprint density at radius 1 is 1.35 bits per heavy atom. The quantitative estimate of drug-likeness (QED) is 0.828. The van der Waals surface area contributed by atoms with Crippen LogP contribution in [0.15, 0.2) is 36.5 Å². The first kappa shape index (κ1) is 18.0. The predicted molar refractivity (Wildman–Crippen MR) is 95.5 cm³/mol. The molecule has 26 heavy (non-hydrogen) atoms. The number of aromatic nitrogens is 2. The Kier molecular flexibility index (Phi) is 4.71. The molecule has 0 spiro atoms. The number of nitrogens with one attached hydrogen (secondary N) is 1. The summed E-state index contributed by atoms with van der Waals surface area (Å²) in [6.07, 6.45) is 2.26. The lowest BCUT2D eigenvalue weighted by Crippen LogP contribution is -2.58. The SMILES string of the molecule is COc1c(C(=O)NC2CC(CC(=O)O)C2(C)C)cnn1-c1ccccc1. The van der Waals surface area contributed by atoms with Crippen molar-refractivity contribution in [2.45, 2.75) is 32.7 Å². The van der Waals surface area contributed by atoms with Gasteiger partial charge in [-0.1, -0.05) is 32.0 Å². The van der Waals surface area contributed by atoms with Gasteiger partial charge in [0.2, 0.25) is 5.88 Å². The third-order valence-corrected chi connectivity index (χ3v) is 5.36. The van der Waals surface area contributed by atoms with Crippen LogP contribution >= 0.6 is 0 Å². The Morgan fingerprint density at radius 2 is 2.04 bits per heavy atom. The maximum absolute atomic E-state index is 12.7. The van der Waals surface area contributed by atoms with Crippen LogP contribution in [0.3, 0.4) is 0 Å². The van der Waals surface area contributed by atoms with Crippen LogP contribution in [-0.2, 0) is 4.79 Å². The molecule has 3 rings (SSSR count). The van der Waals surface area contributed by atoms with Crippen LogP contribution in [0.2, 0.25) is 0 Å². The summed E-state index contributed by atoms with van der Waals surface area (Å²) in [7, 11) is 1.50. The molecule has 7 heteroatoms. The number of methoxy groups -OCH3 is 1. The number of nitrogens with zero attached hydrogens (tertiary/aromatic N) is 2. The Bertz CT molecular complexity index is 813. The topological polar surface area (TPSA) is 93.4 Å². The summed E-state index contributed by atoms with van der Waals surface area (Å²) < 4.78 is 6.99. The molecule has 1 aromatic carbocycles. The number of ether oxygens (including phenoxy) is 1. The molecule has 0 bridgehead atoms. The Labute approximate surface area is 152 Å². The maximum Gasteiger partial charge on any atom is 0.303 e. The summed E-state index contributed by atoms with van der Waals surface area (Å²) in [4.78, 5) is 23.7. The van der Waals surface area contributed by atoms with Gasteiger partial charge in [0.05, 0.1) is 19.0 Å². The second-order valence-electron chi connectivity index (χ2n) is 7.19. The molecule has 2 N–H and O–H groups in total. The van der Waals surface area contributed by atoms with E-state index in [0.29, 0.717) is 17.9 Å². The molecule has 2 unspecified atom stereocenters. The van der Waals surface area contributed by atoms with Crippen molar-refractivity contribution in [3.63, 3.8) is 0 Å². The van der Waals surface area contributed by atoms with Crippen molar-refractivity contribution in [1.82, 2.24) is 15.1 Å². The van der Waals surface area contributed by atoms with E-state index in [1.165, 1.54) is 13.3 Å². The molecule has 1 aromatic heterocycles. The number of rotatable bonds is 6. The Hall–Kier alpha value is -2.83. The van der Waals surface area contributed by atoms with Gasteiger partial charge >= 0.3 is 5.97 Å². The van der Waals surface area contributed by atoms with Crippen molar-refractivity contribution in [2.75, 3.05) is 7.11 Å². The summed E-state index contributed by atoms with van der Waals surface area (Å²) in [6, 6.07) is 9.35.